The van der Waals surface area contributed by atoms with Crippen LogP contribution in [0.3, 0.4) is 0 Å². The van der Waals surface area contributed by atoms with Crippen LogP contribution in [0.15, 0.2) is 24.3 Å². The molecule has 1 aliphatic heterocycles. The Labute approximate surface area is 205 Å². The number of carbonyl (C=O) groups excluding carboxylic acids is 3. The van der Waals surface area contributed by atoms with Crippen LogP contribution in [0, 0.1) is 11.7 Å². The number of nitrogens with one attached hydrogen (secondary N) is 2. The average molecular weight is 486 g/mol. The zero-order valence-corrected chi connectivity index (χ0v) is 20.8. The lowest BCUT2D eigenvalue weighted by atomic mass is 9.83. The Morgan fingerprint density at radius 2 is 1.66 bits per heavy atom. The molecule has 35 heavy (non-hydrogen) atoms. The molecule has 1 aromatic heterocycles. The van der Waals surface area contributed by atoms with Gasteiger partial charge in [-0.1, -0.05) is 19.3 Å². The Kier molecular flexibility index (Phi) is 7.74. The van der Waals surface area contributed by atoms with Crippen molar-refractivity contribution in [1.29, 1.82) is 0 Å². The molecule has 1 saturated carbocycles. The van der Waals surface area contributed by atoms with Gasteiger partial charge in [0.05, 0.1) is 11.6 Å². The smallest absolute Gasteiger partial charge is 0.270 e. The van der Waals surface area contributed by atoms with Crippen LogP contribution in [0.25, 0.3) is 10.9 Å². The van der Waals surface area contributed by atoms with E-state index in [1.54, 1.807) is 47.5 Å². The summed E-state index contributed by atoms with van der Waals surface area (Å²) >= 11 is 0. The molecule has 2 fully saturated rings. The number of likely N-dealkylation sites (N-methyl/N-ethyl adjacent to an activating group) is 1. The molecule has 2 N–H and O–H groups in total. The molecule has 9 heteroatoms. The number of fused-ring (bicyclic) bond motifs is 1. The molecule has 0 radical (unpaired) electrons. The third-order valence-electron chi connectivity index (χ3n) is 7.62. The normalized spacial score (nSPS) is 19.0. The highest BCUT2D eigenvalue weighted by molar-refractivity contribution is 5.99. The first-order valence-corrected chi connectivity index (χ1v) is 12.6. The van der Waals surface area contributed by atoms with E-state index in [0.29, 0.717) is 37.4 Å². The van der Waals surface area contributed by atoms with Crippen LogP contribution in [0.4, 0.5) is 4.39 Å². The van der Waals surface area contributed by atoms with Gasteiger partial charge in [-0.05, 0) is 57.0 Å². The number of aromatic nitrogens is 1. The number of hydrogen-bond donors (Lipinski definition) is 2. The average Bonchev–Trinajstić information content (AvgIpc) is 3.21. The quantitative estimate of drug-likeness (QED) is 0.657. The van der Waals surface area contributed by atoms with E-state index >= 15 is 0 Å². The Morgan fingerprint density at radius 3 is 2.31 bits per heavy atom. The number of piperazine rings is 1. The van der Waals surface area contributed by atoms with Gasteiger partial charge in [-0.15, -0.1) is 0 Å². The number of amides is 3. The highest BCUT2D eigenvalue weighted by atomic mass is 19.1. The van der Waals surface area contributed by atoms with Gasteiger partial charge in [-0.25, -0.2) is 4.39 Å². The number of carbonyl (C=O) groups is 3. The third kappa shape index (κ3) is 5.34. The second-order valence-electron chi connectivity index (χ2n) is 9.80. The maximum atomic E-state index is 13.7. The minimum atomic E-state index is -0.533. The predicted molar refractivity (Wildman–Crippen MR) is 132 cm³/mol. The van der Waals surface area contributed by atoms with Gasteiger partial charge in [0.25, 0.3) is 5.91 Å². The van der Waals surface area contributed by atoms with E-state index in [2.05, 4.69) is 10.6 Å². The minimum Gasteiger partial charge on any atom is -0.343 e. The van der Waals surface area contributed by atoms with Crippen LogP contribution in [-0.2, 0) is 16.6 Å². The Morgan fingerprint density at radius 1 is 1.00 bits per heavy atom. The number of nitrogens with zero attached hydrogens (tertiary/aromatic N) is 3. The summed E-state index contributed by atoms with van der Waals surface area (Å²) in [7, 11) is 3.49. The van der Waals surface area contributed by atoms with Crippen molar-refractivity contribution in [3.63, 3.8) is 0 Å². The van der Waals surface area contributed by atoms with Gasteiger partial charge in [0.1, 0.15) is 17.6 Å². The molecule has 190 valence electrons. The Balaban J connectivity index is 1.43. The van der Waals surface area contributed by atoms with Crippen molar-refractivity contribution >= 4 is 28.6 Å². The van der Waals surface area contributed by atoms with Crippen molar-refractivity contribution in [2.24, 2.45) is 13.0 Å². The molecule has 4 rings (SSSR count). The molecule has 0 bridgehead atoms. The molecule has 0 spiro atoms. The van der Waals surface area contributed by atoms with Crippen molar-refractivity contribution < 1.29 is 18.8 Å². The summed E-state index contributed by atoms with van der Waals surface area (Å²) in [6, 6.07) is 5.36. The SMILES string of the molecule is CN[C@@H](C)C(=O)N[C@H](C(=O)N1CCN(C(=O)c2cc3ccc(F)cc3n2C)CC1)C1CCCCC1. The van der Waals surface area contributed by atoms with Gasteiger partial charge in [0, 0.05) is 38.6 Å². The monoisotopic (exact) mass is 485 g/mol. The summed E-state index contributed by atoms with van der Waals surface area (Å²) in [6.07, 6.45) is 5.18. The molecule has 3 amide bonds. The van der Waals surface area contributed by atoms with Crippen molar-refractivity contribution in [2.75, 3.05) is 33.2 Å². The van der Waals surface area contributed by atoms with Crippen molar-refractivity contribution in [3.05, 3.63) is 35.8 Å². The van der Waals surface area contributed by atoms with Crippen LogP contribution in [0.2, 0.25) is 0 Å². The maximum absolute atomic E-state index is 13.7. The van der Waals surface area contributed by atoms with Gasteiger partial charge in [0.2, 0.25) is 11.8 Å². The fourth-order valence-electron chi connectivity index (χ4n) is 5.26. The molecular weight excluding hydrogens is 449 g/mol. The molecule has 1 aliphatic carbocycles. The first kappa shape index (κ1) is 25.2. The lowest BCUT2D eigenvalue weighted by molar-refractivity contribution is -0.140. The second kappa shape index (κ2) is 10.8. The van der Waals surface area contributed by atoms with E-state index < -0.39 is 6.04 Å². The van der Waals surface area contributed by atoms with E-state index in [-0.39, 0.29) is 35.5 Å². The summed E-state index contributed by atoms with van der Waals surface area (Å²) < 4.78 is 15.4. The molecule has 2 aromatic rings. The Hall–Kier alpha value is -2.94. The Bertz CT molecular complexity index is 1090. The predicted octanol–water partition coefficient (Wildman–Crippen LogP) is 2.27. The van der Waals surface area contributed by atoms with Gasteiger partial charge >= 0.3 is 0 Å². The molecule has 0 unspecified atom stereocenters. The van der Waals surface area contributed by atoms with E-state index in [1.165, 1.54) is 18.6 Å². The number of rotatable bonds is 6. The lowest BCUT2D eigenvalue weighted by Gasteiger charge is -2.39. The van der Waals surface area contributed by atoms with Crippen molar-refractivity contribution in [3.8, 4) is 0 Å². The van der Waals surface area contributed by atoms with Crippen LogP contribution >= 0.6 is 0 Å². The molecule has 2 aliphatic rings. The minimum absolute atomic E-state index is 0.0549. The molecule has 2 heterocycles. The van der Waals surface area contributed by atoms with E-state index in [0.717, 1.165) is 31.1 Å². The summed E-state index contributed by atoms with van der Waals surface area (Å²) in [5.74, 6) is -0.553. The van der Waals surface area contributed by atoms with Crippen molar-refractivity contribution in [2.45, 2.75) is 51.1 Å². The molecule has 1 saturated heterocycles. The molecule has 1 aromatic carbocycles. The first-order valence-electron chi connectivity index (χ1n) is 12.6. The fraction of sp³-hybridized carbons (Fsp3) is 0.577. The third-order valence-corrected chi connectivity index (χ3v) is 7.62. The van der Waals surface area contributed by atoms with Crippen molar-refractivity contribution in [1.82, 2.24) is 25.0 Å². The topological polar surface area (TPSA) is 86.7 Å². The van der Waals surface area contributed by atoms with E-state index in [1.807, 2.05) is 0 Å². The van der Waals surface area contributed by atoms with Crippen LogP contribution in [0.5, 0.6) is 0 Å². The second-order valence-corrected chi connectivity index (χ2v) is 9.80. The zero-order valence-electron chi connectivity index (χ0n) is 20.8. The summed E-state index contributed by atoms with van der Waals surface area (Å²) in [4.78, 5) is 42.9. The van der Waals surface area contributed by atoms with Crippen LogP contribution in [0.1, 0.15) is 49.5 Å². The summed E-state index contributed by atoms with van der Waals surface area (Å²) in [5.41, 5.74) is 1.17. The highest BCUT2D eigenvalue weighted by Gasteiger charge is 2.36. The van der Waals surface area contributed by atoms with E-state index in [9.17, 15) is 18.8 Å². The van der Waals surface area contributed by atoms with Gasteiger partial charge < -0.3 is 25.0 Å². The number of hydrogen-bond acceptors (Lipinski definition) is 4. The summed E-state index contributed by atoms with van der Waals surface area (Å²) in [6.45, 7) is 3.45. The van der Waals surface area contributed by atoms with Gasteiger partial charge in [-0.2, -0.15) is 0 Å². The van der Waals surface area contributed by atoms with Crippen LogP contribution in [-0.4, -0.2) is 77.4 Å². The summed E-state index contributed by atoms with van der Waals surface area (Å²) in [5, 5.41) is 6.77. The first-order chi connectivity index (χ1) is 16.8. The maximum Gasteiger partial charge on any atom is 0.270 e. The molecule has 2 atom stereocenters. The largest absolute Gasteiger partial charge is 0.343 e. The number of aryl methyl sites for hydroxylation is 1. The zero-order chi connectivity index (χ0) is 25.1. The molecule has 8 nitrogen and oxygen atoms in total. The van der Waals surface area contributed by atoms with Gasteiger partial charge in [-0.3, -0.25) is 14.4 Å². The van der Waals surface area contributed by atoms with E-state index in [4.69, 9.17) is 0 Å². The van der Waals surface area contributed by atoms with Crippen LogP contribution < -0.4 is 10.6 Å². The highest BCUT2D eigenvalue weighted by Crippen LogP contribution is 2.28. The fourth-order valence-corrected chi connectivity index (χ4v) is 5.26. The lowest BCUT2D eigenvalue weighted by Crippen LogP contribution is -2.59. The molecular formula is C26H36FN5O3. The van der Waals surface area contributed by atoms with Gasteiger partial charge in [0.15, 0.2) is 0 Å². The number of halogens is 1. The number of benzene rings is 1. The standard InChI is InChI=1S/C26H36FN5O3/c1-17(28-2)24(33)29-23(18-7-5-4-6-8-18)26(35)32-13-11-31(12-14-32)25(34)22-15-19-9-10-20(27)16-21(19)30(22)3/h9-10,15-18,23,28H,4-8,11-14H2,1-3H3,(H,29,33)/t17-,23-/m0/s1.